The van der Waals surface area contributed by atoms with Gasteiger partial charge in [-0.15, -0.1) is 0 Å². The molecule has 0 aromatic heterocycles. The number of allylic oxidation sites excluding steroid dienone is 19. The minimum atomic E-state index is -0.541. The molecule has 16 heteroatoms. The Bertz CT molecular complexity index is 2450. The highest BCUT2D eigenvalue weighted by atomic mass is 17.2. The smallest absolute Gasteiger partial charge is 0.244 e. The lowest BCUT2D eigenvalue weighted by Gasteiger charge is -2.33. The van der Waals surface area contributed by atoms with Crippen LogP contribution in [-0.4, -0.2) is 114 Å². The molecule has 1 atom stereocenters. The van der Waals surface area contributed by atoms with Crippen molar-refractivity contribution in [3.63, 3.8) is 0 Å². The van der Waals surface area contributed by atoms with Crippen molar-refractivity contribution in [3.05, 3.63) is 130 Å². The van der Waals surface area contributed by atoms with Crippen LogP contribution in [0.3, 0.4) is 0 Å². The molecule has 5 amide bonds. The SMILES string of the molecule is CC(=O)NCCCOCCCNC(=O)CCOCCC(=O)NC/C=C\OOCCOCCCNC(=O)C(CCCCNC(=O)/C=C(C)/C=C/C=C(C)/C=C/C1=C(C)CCCC1(C)C)CC(=O)/C=C(C)/C=C/C=C(C)/C=C/C1=C(C)CCCC1(C)C. The predicted molar refractivity (Wildman–Crippen MR) is 342 cm³/mol. The predicted octanol–water partition coefficient (Wildman–Crippen LogP) is 11.9. The van der Waals surface area contributed by atoms with E-state index in [9.17, 15) is 28.8 Å². The topological polar surface area (TPSA) is 209 Å². The monoisotopic (exact) mass is 1180 g/mol. The lowest BCUT2D eigenvalue weighted by atomic mass is 9.72. The van der Waals surface area contributed by atoms with Crippen LogP contribution in [0, 0.1) is 16.7 Å². The third kappa shape index (κ3) is 37.1. The lowest BCUT2D eigenvalue weighted by molar-refractivity contribution is -0.255. The Kier molecular flexibility index (Phi) is 39.0. The molecule has 0 aliphatic heterocycles. The van der Waals surface area contributed by atoms with Gasteiger partial charge in [-0.05, 0) is 157 Å². The Morgan fingerprint density at radius 1 is 0.541 bits per heavy atom. The quantitative estimate of drug-likeness (QED) is 0.00969. The summed E-state index contributed by atoms with van der Waals surface area (Å²) in [7, 11) is 0. The number of rotatable bonds is 43. The molecule has 0 radical (unpaired) electrons. The van der Waals surface area contributed by atoms with Crippen molar-refractivity contribution in [2.45, 2.75) is 172 Å². The molecule has 0 spiro atoms. The van der Waals surface area contributed by atoms with E-state index in [1.54, 1.807) is 18.2 Å². The number of ether oxygens (including phenoxy) is 3. The third-order valence-corrected chi connectivity index (χ3v) is 14.7. The summed E-state index contributed by atoms with van der Waals surface area (Å²) < 4.78 is 16.5. The molecule has 1 unspecified atom stereocenters. The Hall–Kier alpha value is -6.20. The van der Waals surface area contributed by atoms with Gasteiger partial charge in [0.25, 0.3) is 0 Å². The first-order chi connectivity index (χ1) is 40.6. The van der Waals surface area contributed by atoms with Crippen LogP contribution in [0.2, 0.25) is 0 Å². The molecule has 2 rings (SSSR count). The minimum absolute atomic E-state index is 0.0626. The van der Waals surface area contributed by atoms with Gasteiger partial charge in [0.15, 0.2) is 5.78 Å². The second-order valence-corrected chi connectivity index (χ2v) is 23.6. The largest absolute Gasteiger partial charge is 0.381 e. The summed E-state index contributed by atoms with van der Waals surface area (Å²) in [5, 5.41) is 14.2. The number of ketones is 1. The minimum Gasteiger partial charge on any atom is -0.381 e. The van der Waals surface area contributed by atoms with Gasteiger partial charge in [-0.25, -0.2) is 0 Å². The molecular formula is C69H107N5O11. The van der Waals surface area contributed by atoms with E-state index < -0.39 is 5.92 Å². The zero-order valence-electron chi connectivity index (χ0n) is 53.7. The fraction of sp³-hybridized carbons (Fsp3) is 0.594. The van der Waals surface area contributed by atoms with Gasteiger partial charge in [-0.1, -0.05) is 117 Å². The summed E-state index contributed by atoms with van der Waals surface area (Å²) >= 11 is 0. The van der Waals surface area contributed by atoms with E-state index in [0.717, 1.165) is 41.6 Å². The van der Waals surface area contributed by atoms with Gasteiger partial charge in [0, 0.05) is 90.7 Å². The van der Waals surface area contributed by atoms with Gasteiger partial charge < -0.3 is 45.7 Å². The van der Waals surface area contributed by atoms with Crippen molar-refractivity contribution in [1.29, 1.82) is 0 Å². The van der Waals surface area contributed by atoms with E-state index >= 15 is 0 Å². The molecule has 0 aromatic carbocycles. The van der Waals surface area contributed by atoms with E-state index in [2.05, 4.69) is 106 Å². The molecule has 0 fully saturated rings. The standard InChI is InChI=1S/C69H107N5O11/c1-53(29-31-62-57(5)26-16-35-68(62,8)9)22-14-24-55(3)50-61(76)52-60(28-12-13-37-73-66(79)51-56(4)25-15-23-54(2)30-32-63-58(6)27-17-36-69(63,10)11)67(80)74-41-20-44-82-48-49-85-84-45-21-40-72-65(78)34-47-83-46-33-64(77)71-39-19-43-81-42-18-38-70-59(7)75/h14-15,21-25,29-32,45,50-51,60H,12-13,16-20,26-28,33-44,46-49,52H2,1-11H3,(H,70,75)(H,71,77)(H,72,78)(H,73,79)(H,74,80)/b24-14+,25-15+,31-29+,32-30+,45-21-,53-22+,54-23+,55-50+,56-51+. The van der Waals surface area contributed by atoms with E-state index in [1.807, 2.05) is 50.3 Å². The van der Waals surface area contributed by atoms with Crippen molar-refractivity contribution in [2.75, 3.05) is 79.0 Å². The van der Waals surface area contributed by atoms with Gasteiger partial charge in [0.05, 0.1) is 19.8 Å². The maximum Gasteiger partial charge on any atom is 0.244 e. The first-order valence-corrected chi connectivity index (χ1v) is 31.0. The summed E-state index contributed by atoms with van der Waals surface area (Å²) in [5.41, 5.74) is 10.0. The number of hydrogen-bond donors (Lipinski definition) is 5. The van der Waals surface area contributed by atoms with Crippen molar-refractivity contribution >= 4 is 35.3 Å². The molecule has 16 nitrogen and oxygen atoms in total. The first kappa shape index (κ1) is 74.9. The Morgan fingerprint density at radius 2 is 1.05 bits per heavy atom. The van der Waals surface area contributed by atoms with E-state index in [-0.39, 0.29) is 98.4 Å². The maximum atomic E-state index is 13.6. The van der Waals surface area contributed by atoms with Crippen LogP contribution in [0.5, 0.6) is 0 Å². The average Bonchev–Trinajstić information content (AvgIpc) is 3.12. The Morgan fingerprint density at radius 3 is 1.61 bits per heavy atom. The van der Waals surface area contributed by atoms with E-state index in [0.29, 0.717) is 78.1 Å². The third-order valence-electron chi connectivity index (χ3n) is 14.7. The van der Waals surface area contributed by atoms with Crippen molar-refractivity contribution in [1.82, 2.24) is 26.6 Å². The maximum absolute atomic E-state index is 13.6. The number of nitrogens with one attached hydrogen (secondary N) is 5. The fourth-order valence-corrected chi connectivity index (χ4v) is 9.85. The molecular weight excluding hydrogens is 1070 g/mol. The number of hydrogen-bond acceptors (Lipinski definition) is 11. The highest BCUT2D eigenvalue weighted by molar-refractivity contribution is 5.94. The zero-order chi connectivity index (χ0) is 62.7. The van der Waals surface area contributed by atoms with Crippen molar-refractivity contribution in [3.8, 4) is 0 Å². The highest BCUT2D eigenvalue weighted by Crippen LogP contribution is 2.42. The summed E-state index contributed by atoms with van der Waals surface area (Å²) in [6.45, 7) is 27.5. The summed E-state index contributed by atoms with van der Waals surface area (Å²) in [5.74, 6) is -1.45. The first-order valence-electron chi connectivity index (χ1n) is 31.0. The molecule has 5 N–H and O–H groups in total. The molecule has 2 aliphatic rings. The normalized spacial score (nSPS) is 16.5. The van der Waals surface area contributed by atoms with Gasteiger partial charge >= 0.3 is 0 Å². The van der Waals surface area contributed by atoms with Crippen molar-refractivity contribution in [2.24, 2.45) is 16.7 Å². The van der Waals surface area contributed by atoms with Crippen LogP contribution in [0.4, 0.5) is 0 Å². The van der Waals surface area contributed by atoms with Gasteiger partial charge in [0.1, 0.15) is 12.9 Å². The number of carbonyl (C=O) groups is 6. The fourth-order valence-electron chi connectivity index (χ4n) is 9.85. The van der Waals surface area contributed by atoms with Gasteiger partial charge in [-0.3, -0.25) is 28.8 Å². The summed E-state index contributed by atoms with van der Waals surface area (Å²) in [6, 6.07) is 0. The van der Waals surface area contributed by atoms with E-state index in [1.165, 1.54) is 61.2 Å². The molecule has 0 aromatic rings. The molecule has 474 valence electrons. The average molecular weight is 1180 g/mol. The van der Waals surface area contributed by atoms with Crippen molar-refractivity contribution < 1.29 is 52.8 Å². The molecule has 0 bridgehead atoms. The van der Waals surface area contributed by atoms with E-state index in [4.69, 9.17) is 24.0 Å². The molecule has 0 saturated carbocycles. The van der Waals surface area contributed by atoms with Gasteiger partial charge in [-0.2, -0.15) is 4.89 Å². The lowest BCUT2D eigenvalue weighted by Crippen LogP contribution is -2.33. The molecule has 0 saturated heterocycles. The van der Waals surface area contributed by atoms with Crippen LogP contribution >= 0.6 is 0 Å². The summed E-state index contributed by atoms with van der Waals surface area (Å²) in [4.78, 5) is 84.8. The van der Waals surface area contributed by atoms with Gasteiger partial charge in [0.2, 0.25) is 29.5 Å². The second kappa shape index (κ2) is 44.3. The number of unbranched alkanes of at least 4 members (excludes halogenated alkanes) is 1. The van der Waals surface area contributed by atoms with Crippen LogP contribution in [0.15, 0.2) is 130 Å². The second-order valence-electron chi connectivity index (χ2n) is 23.6. The van der Waals surface area contributed by atoms with Crippen LogP contribution in [-0.2, 0) is 52.8 Å². The Labute approximate surface area is 510 Å². The summed E-state index contributed by atoms with van der Waals surface area (Å²) in [6.07, 6.45) is 38.1. The highest BCUT2D eigenvalue weighted by Gasteiger charge is 2.28. The van der Waals surface area contributed by atoms with Crippen LogP contribution in [0.25, 0.3) is 0 Å². The molecule has 0 heterocycles. The Balaban J connectivity index is 1.76. The number of amides is 5. The van der Waals surface area contributed by atoms with Crippen LogP contribution in [0.1, 0.15) is 172 Å². The molecule has 85 heavy (non-hydrogen) atoms. The number of carbonyl (C=O) groups excluding carboxylic acids is 6. The van der Waals surface area contributed by atoms with Crippen LogP contribution < -0.4 is 26.6 Å². The molecule has 2 aliphatic carbocycles. The zero-order valence-corrected chi connectivity index (χ0v) is 53.7.